The first kappa shape index (κ1) is 15.3. The number of carbonyl (C=O) groups is 1. The monoisotopic (exact) mass is 370 g/mol. The molecule has 2 heterocycles. The van der Waals surface area contributed by atoms with E-state index >= 15 is 0 Å². The normalized spacial score (nSPS) is 28.9. The Morgan fingerprint density at radius 2 is 1.71 bits per heavy atom. The summed E-state index contributed by atoms with van der Waals surface area (Å²) in [5, 5.41) is 3.43. The highest BCUT2D eigenvalue weighted by molar-refractivity contribution is 9.10. The van der Waals surface area contributed by atoms with Crippen LogP contribution in [0.1, 0.15) is 18.4 Å². The molecule has 2 saturated heterocycles. The Hall–Kier alpha value is -0.580. The highest BCUT2D eigenvalue weighted by atomic mass is 79.9. The zero-order chi connectivity index (χ0) is 13.7. The summed E-state index contributed by atoms with van der Waals surface area (Å²) in [5.41, 5.74) is 0.994. The molecule has 0 radical (unpaired) electrons. The van der Waals surface area contributed by atoms with Crippen LogP contribution in [0.15, 0.2) is 28.7 Å². The van der Waals surface area contributed by atoms with E-state index in [0.717, 1.165) is 43.5 Å². The van der Waals surface area contributed by atoms with E-state index in [1.165, 1.54) is 5.56 Å². The molecule has 4 rings (SSSR count). The number of halogens is 2. The van der Waals surface area contributed by atoms with Gasteiger partial charge in [0.1, 0.15) is 0 Å². The third-order valence-electron chi connectivity index (χ3n) is 5.23. The highest BCUT2D eigenvalue weighted by Gasteiger charge is 2.54. The van der Waals surface area contributed by atoms with Crippen molar-refractivity contribution in [1.29, 1.82) is 0 Å². The Kier molecular flexibility index (Phi) is 4.06. The lowest BCUT2D eigenvalue weighted by Crippen LogP contribution is -2.39. The molecule has 1 saturated carbocycles. The quantitative estimate of drug-likeness (QED) is 0.866. The van der Waals surface area contributed by atoms with Crippen molar-refractivity contribution in [3.8, 4) is 0 Å². The number of amides is 1. The predicted octanol–water partition coefficient (Wildman–Crippen LogP) is 2.58. The fraction of sp³-hybridized carbons (Fsp3) is 0.562. The van der Waals surface area contributed by atoms with Gasteiger partial charge in [0.05, 0.1) is 5.41 Å². The topological polar surface area (TPSA) is 32.3 Å². The lowest BCUT2D eigenvalue weighted by molar-refractivity contribution is -0.133. The first-order chi connectivity index (χ1) is 9.69. The zero-order valence-corrected chi connectivity index (χ0v) is 14.3. The van der Waals surface area contributed by atoms with Gasteiger partial charge in [-0.05, 0) is 42.4 Å². The Morgan fingerprint density at radius 1 is 1.14 bits per heavy atom. The number of benzene rings is 1. The Balaban J connectivity index is 0.00000132. The first-order valence-electron chi connectivity index (χ1n) is 7.45. The average molecular weight is 372 g/mol. The third-order valence-corrected chi connectivity index (χ3v) is 5.76. The third kappa shape index (κ3) is 2.51. The lowest BCUT2D eigenvalue weighted by Gasteiger charge is -2.24. The number of nitrogens with zero attached hydrogens (tertiary/aromatic N) is 1. The molecule has 1 aliphatic carbocycles. The van der Waals surface area contributed by atoms with Crippen molar-refractivity contribution in [2.75, 3.05) is 26.2 Å². The Bertz CT molecular complexity index is 532. The van der Waals surface area contributed by atoms with Gasteiger partial charge in [-0.1, -0.05) is 28.1 Å². The van der Waals surface area contributed by atoms with Gasteiger partial charge in [0, 0.05) is 30.7 Å². The van der Waals surface area contributed by atoms with Crippen LogP contribution in [-0.2, 0) is 10.2 Å². The number of hydrogen-bond acceptors (Lipinski definition) is 2. The number of rotatable bonds is 2. The predicted molar refractivity (Wildman–Crippen MR) is 88.7 cm³/mol. The van der Waals surface area contributed by atoms with Crippen molar-refractivity contribution in [2.45, 2.75) is 18.3 Å². The molecule has 3 aliphatic rings. The number of hydrogen-bond donors (Lipinski definition) is 1. The van der Waals surface area contributed by atoms with Gasteiger partial charge in [0.25, 0.3) is 0 Å². The van der Waals surface area contributed by atoms with E-state index in [-0.39, 0.29) is 17.8 Å². The SMILES string of the molecule is Cl.O=C(N1C[C@H]2CNC[C@H]2C1)C1(c2ccc(Br)cc2)CC1. The van der Waals surface area contributed by atoms with Gasteiger partial charge < -0.3 is 10.2 Å². The van der Waals surface area contributed by atoms with E-state index in [9.17, 15) is 4.79 Å². The van der Waals surface area contributed by atoms with Gasteiger partial charge in [0.15, 0.2) is 0 Å². The average Bonchev–Trinajstić information content (AvgIpc) is 2.97. The molecule has 5 heteroatoms. The minimum Gasteiger partial charge on any atom is -0.341 e. The summed E-state index contributed by atoms with van der Waals surface area (Å²) in [6, 6.07) is 8.30. The first-order valence-corrected chi connectivity index (χ1v) is 8.24. The van der Waals surface area contributed by atoms with Crippen LogP contribution in [-0.4, -0.2) is 37.0 Å². The molecule has 0 spiro atoms. The van der Waals surface area contributed by atoms with E-state index in [0.29, 0.717) is 17.7 Å². The second-order valence-corrected chi connectivity index (χ2v) is 7.39. The summed E-state index contributed by atoms with van der Waals surface area (Å²) >= 11 is 3.47. The van der Waals surface area contributed by atoms with Crippen molar-refractivity contribution in [2.24, 2.45) is 11.8 Å². The molecule has 0 aromatic heterocycles. The number of fused-ring (bicyclic) bond motifs is 1. The van der Waals surface area contributed by atoms with Crippen LogP contribution in [0.5, 0.6) is 0 Å². The molecular formula is C16H20BrClN2O. The van der Waals surface area contributed by atoms with E-state index in [1.54, 1.807) is 0 Å². The van der Waals surface area contributed by atoms with Crippen molar-refractivity contribution in [3.05, 3.63) is 34.3 Å². The zero-order valence-electron chi connectivity index (χ0n) is 11.8. The van der Waals surface area contributed by atoms with Crippen LogP contribution in [0.4, 0.5) is 0 Å². The van der Waals surface area contributed by atoms with E-state index < -0.39 is 0 Å². The van der Waals surface area contributed by atoms with Gasteiger partial charge in [0.2, 0.25) is 5.91 Å². The fourth-order valence-electron chi connectivity index (χ4n) is 3.84. The van der Waals surface area contributed by atoms with Crippen molar-refractivity contribution in [3.63, 3.8) is 0 Å². The van der Waals surface area contributed by atoms with Crippen LogP contribution < -0.4 is 5.32 Å². The van der Waals surface area contributed by atoms with E-state index in [4.69, 9.17) is 0 Å². The molecule has 2 aliphatic heterocycles. The summed E-state index contributed by atoms with van der Waals surface area (Å²) < 4.78 is 1.08. The van der Waals surface area contributed by atoms with Crippen LogP contribution in [0.2, 0.25) is 0 Å². The van der Waals surface area contributed by atoms with Crippen LogP contribution in [0.25, 0.3) is 0 Å². The van der Waals surface area contributed by atoms with Crippen molar-refractivity contribution < 1.29 is 4.79 Å². The van der Waals surface area contributed by atoms with Crippen LogP contribution >= 0.6 is 28.3 Å². The second kappa shape index (κ2) is 5.56. The van der Waals surface area contributed by atoms with Crippen LogP contribution in [0, 0.1) is 11.8 Å². The maximum Gasteiger partial charge on any atom is 0.233 e. The summed E-state index contributed by atoms with van der Waals surface area (Å²) in [7, 11) is 0. The molecular weight excluding hydrogens is 352 g/mol. The van der Waals surface area contributed by atoms with Crippen LogP contribution in [0.3, 0.4) is 0 Å². The molecule has 114 valence electrons. The Morgan fingerprint density at radius 3 is 2.24 bits per heavy atom. The van der Waals surface area contributed by atoms with Gasteiger partial charge in [-0.3, -0.25) is 4.79 Å². The van der Waals surface area contributed by atoms with Crippen molar-refractivity contribution >= 4 is 34.2 Å². The minimum absolute atomic E-state index is 0. The van der Waals surface area contributed by atoms with Gasteiger partial charge >= 0.3 is 0 Å². The molecule has 21 heavy (non-hydrogen) atoms. The van der Waals surface area contributed by atoms with Gasteiger partial charge in [-0.2, -0.15) is 0 Å². The van der Waals surface area contributed by atoms with Crippen molar-refractivity contribution in [1.82, 2.24) is 10.2 Å². The molecule has 0 bridgehead atoms. The van der Waals surface area contributed by atoms with Gasteiger partial charge in [-0.25, -0.2) is 0 Å². The maximum atomic E-state index is 12.9. The summed E-state index contributed by atoms with van der Waals surface area (Å²) in [5.74, 6) is 1.73. The Labute approximate surface area is 140 Å². The van der Waals surface area contributed by atoms with E-state index in [2.05, 4.69) is 38.3 Å². The molecule has 0 unspecified atom stereocenters. The standard InChI is InChI=1S/C16H19BrN2O.ClH/c17-14-3-1-13(2-4-14)16(5-6-16)15(20)19-9-11-7-18-8-12(11)10-19;/h1-4,11-12,18H,5-10H2;1H/t11-,12+;. The molecule has 1 N–H and O–H groups in total. The van der Waals surface area contributed by atoms with E-state index in [1.807, 2.05) is 12.1 Å². The molecule has 2 atom stereocenters. The number of carbonyl (C=O) groups excluding carboxylic acids is 1. The molecule has 1 aromatic rings. The summed E-state index contributed by atoms with van der Waals surface area (Å²) in [4.78, 5) is 15.1. The lowest BCUT2D eigenvalue weighted by atomic mass is 9.94. The summed E-state index contributed by atoms with van der Waals surface area (Å²) in [6.07, 6.45) is 2.02. The molecule has 1 aromatic carbocycles. The largest absolute Gasteiger partial charge is 0.341 e. The molecule has 1 amide bonds. The minimum atomic E-state index is -0.202. The number of likely N-dealkylation sites (tertiary alicyclic amines) is 1. The second-order valence-electron chi connectivity index (χ2n) is 6.48. The van der Waals surface area contributed by atoms with Gasteiger partial charge in [-0.15, -0.1) is 12.4 Å². The highest BCUT2D eigenvalue weighted by Crippen LogP contribution is 2.50. The smallest absolute Gasteiger partial charge is 0.233 e. The molecule has 3 nitrogen and oxygen atoms in total. The maximum absolute atomic E-state index is 12.9. The summed E-state index contributed by atoms with van der Waals surface area (Å²) in [6.45, 7) is 4.07. The fourth-order valence-corrected chi connectivity index (χ4v) is 4.11. The molecule has 3 fully saturated rings. The number of nitrogens with one attached hydrogen (secondary N) is 1.